The number of carbonyl (C=O) groups is 1. The number of anilines is 1. The molecule has 1 N–H and O–H groups in total. The Balaban J connectivity index is 1.48. The zero-order valence-electron chi connectivity index (χ0n) is 18.3. The third kappa shape index (κ3) is 4.86. The summed E-state index contributed by atoms with van der Waals surface area (Å²) in [5, 5.41) is 4.57. The summed E-state index contributed by atoms with van der Waals surface area (Å²) in [6.45, 7) is 2.36. The highest BCUT2D eigenvalue weighted by molar-refractivity contribution is 6.31. The third-order valence-corrected chi connectivity index (χ3v) is 5.50. The van der Waals surface area contributed by atoms with E-state index in [4.69, 9.17) is 11.6 Å². The van der Waals surface area contributed by atoms with Gasteiger partial charge in [0.25, 0.3) is 5.91 Å². The molecule has 0 aliphatic carbocycles. The smallest absolute Gasteiger partial charge is 0.251 e. The lowest BCUT2D eigenvalue weighted by atomic mass is 10.0. The molecule has 3 heterocycles. The van der Waals surface area contributed by atoms with Gasteiger partial charge in [0.1, 0.15) is 5.82 Å². The number of aryl methyl sites for hydroxylation is 1. The predicted molar refractivity (Wildman–Crippen MR) is 128 cm³/mol. The zero-order valence-corrected chi connectivity index (χ0v) is 19.0. The molecule has 0 aliphatic heterocycles. The maximum Gasteiger partial charge on any atom is 0.251 e. The van der Waals surface area contributed by atoms with Gasteiger partial charge in [0, 0.05) is 61.8 Å². The minimum Gasteiger partial charge on any atom is -0.363 e. The van der Waals surface area contributed by atoms with Gasteiger partial charge >= 0.3 is 0 Å². The molecule has 6 nitrogen and oxygen atoms in total. The Morgan fingerprint density at radius 3 is 2.69 bits per heavy atom. The summed E-state index contributed by atoms with van der Waals surface area (Å²) in [4.78, 5) is 28.2. The van der Waals surface area contributed by atoms with Gasteiger partial charge in [-0.2, -0.15) is 0 Å². The lowest BCUT2D eigenvalue weighted by Gasteiger charge is -2.14. The average molecular weight is 446 g/mol. The molecule has 0 spiro atoms. The van der Waals surface area contributed by atoms with Gasteiger partial charge in [-0.25, -0.2) is 4.98 Å². The maximum atomic E-state index is 12.8. The van der Waals surface area contributed by atoms with E-state index >= 15 is 0 Å². The van der Waals surface area contributed by atoms with Gasteiger partial charge in [0.15, 0.2) is 0 Å². The lowest BCUT2D eigenvalue weighted by molar-refractivity contribution is 0.0950. The highest BCUT2D eigenvalue weighted by Gasteiger charge is 2.11. The van der Waals surface area contributed by atoms with Crippen molar-refractivity contribution in [3.05, 3.63) is 94.0 Å². The monoisotopic (exact) mass is 445 g/mol. The molecular weight excluding hydrogens is 422 g/mol. The van der Waals surface area contributed by atoms with E-state index < -0.39 is 0 Å². The van der Waals surface area contributed by atoms with Crippen LogP contribution in [-0.4, -0.2) is 35.0 Å². The number of rotatable bonds is 6. The molecule has 0 aliphatic rings. The summed E-state index contributed by atoms with van der Waals surface area (Å²) in [6, 6.07) is 15.4. The fraction of sp³-hybridized carbons (Fsp3) is 0.200. The van der Waals surface area contributed by atoms with E-state index in [1.807, 2.05) is 68.4 Å². The molecule has 32 heavy (non-hydrogen) atoms. The second-order valence-electron chi connectivity index (χ2n) is 7.85. The zero-order chi connectivity index (χ0) is 22.7. The van der Waals surface area contributed by atoms with E-state index in [-0.39, 0.29) is 5.91 Å². The minimum atomic E-state index is -0.146. The van der Waals surface area contributed by atoms with Crippen molar-refractivity contribution in [1.29, 1.82) is 0 Å². The van der Waals surface area contributed by atoms with Crippen molar-refractivity contribution < 1.29 is 4.79 Å². The van der Waals surface area contributed by atoms with Crippen molar-refractivity contribution in [2.24, 2.45) is 0 Å². The first-order chi connectivity index (χ1) is 15.4. The van der Waals surface area contributed by atoms with Gasteiger partial charge in [-0.3, -0.25) is 14.8 Å². The topological polar surface area (TPSA) is 71.0 Å². The van der Waals surface area contributed by atoms with Crippen molar-refractivity contribution in [2.45, 2.75) is 19.9 Å². The SMILES string of the molecule is Cc1nc(N(C)C)ccc1CNC(=O)c1ccnc(Cc2cccc3cc(Cl)cnc23)c1. The van der Waals surface area contributed by atoms with E-state index in [1.54, 1.807) is 18.5 Å². The molecule has 0 radical (unpaired) electrons. The molecule has 0 saturated heterocycles. The van der Waals surface area contributed by atoms with Gasteiger partial charge < -0.3 is 10.2 Å². The molecule has 162 valence electrons. The quantitative estimate of drug-likeness (QED) is 0.470. The van der Waals surface area contributed by atoms with E-state index in [1.165, 1.54) is 0 Å². The fourth-order valence-corrected chi connectivity index (χ4v) is 3.71. The van der Waals surface area contributed by atoms with Crippen molar-refractivity contribution in [2.75, 3.05) is 19.0 Å². The first-order valence-corrected chi connectivity index (χ1v) is 10.7. The number of para-hydroxylation sites is 1. The number of carbonyl (C=O) groups excluding carboxylic acids is 1. The van der Waals surface area contributed by atoms with Crippen LogP contribution in [0.2, 0.25) is 5.02 Å². The molecule has 3 aromatic heterocycles. The summed E-state index contributed by atoms with van der Waals surface area (Å²) in [5.41, 5.74) is 5.18. The number of fused-ring (bicyclic) bond motifs is 1. The number of benzene rings is 1. The van der Waals surface area contributed by atoms with Crippen LogP contribution in [0.5, 0.6) is 0 Å². The molecule has 0 atom stereocenters. The summed E-state index contributed by atoms with van der Waals surface area (Å²) in [6.07, 6.45) is 3.88. The van der Waals surface area contributed by atoms with Gasteiger partial charge in [-0.15, -0.1) is 0 Å². The number of amides is 1. The molecule has 1 amide bonds. The number of hydrogen-bond donors (Lipinski definition) is 1. The molecule has 0 fully saturated rings. The van der Waals surface area contributed by atoms with Gasteiger partial charge in [-0.05, 0) is 42.3 Å². The normalized spacial score (nSPS) is 10.9. The average Bonchev–Trinajstić information content (AvgIpc) is 2.78. The Morgan fingerprint density at radius 1 is 1.06 bits per heavy atom. The number of hydrogen-bond acceptors (Lipinski definition) is 5. The van der Waals surface area contributed by atoms with Crippen LogP contribution in [0.3, 0.4) is 0 Å². The van der Waals surface area contributed by atoms with E-state index in [0.717, 1.165) is 39.2 Å². The Morgan fingerprint density at radius 2 is 1.91 bits per heavy atom. The molecule has 0 unspecified atom stereocenters. The first-order valence-electron chi connectivity index (χ1n) is 10.3. The van der Waals surface area contributed by atoms with E-state index in [2.05, 4.69) is 20.3 Å². The van der Waals surface area contributed by atoms with Crippen molar-refractivity contribution in [3.63, 3.8) is 0 Å². The summed E-state index contributed by atoms with van der Waals surface area (Å²) < 4.78 is 0. The van der Waals surface area contributed by atoms with Gasteiger partial charge in [0.2, 0.25) is 0 Å². The molecule has 0 saturated carbocycles. The van der Waals surface area contributed by atoms with Crippen LogP contribution >= 0.6 is 11.6 Å². The largest absolute Gasteiger partial charge is 0.363 e. The standard InChI is InChI=1S/C25H24ClN5O/c1-16-20(7-8-23(30-16)31(2)3)14-29-25(32)19-9-10-27-22(13-19)12-18-6-4-5-17-11-21(26)15-28-24(17)18/h4-11,13,15H,12,14H2,1-3H3,(H,29,32). The highest BCUT2D eigenvalue weighted by atomic mass is 35.5. The molecule has 4 aromatic rings. The Kier molecular flexibility index (Phi) is 6.32. The second-order valence-corrected chi connectivity index (χ2v) is 8.28. The van der Waals surface area contributed by atoms with Crippen LogP contribution in [0.15, 0.2) is 60.9 Å². The fourth-order valence-electron chi connectivity index (χ4n) is 3.54. The van der Waals surface area contributed by atoms with Crippen LogP contribution in [0.25, 0.3) is 10.9 Å². The molecule has 1 aromatic carbocycles. The number of halogens is 1. The van der Waals surface area contributed by atoms with Gasteiger partial charge in [0.05, 0.1) is 10.5 Å². The van der Waals surface area contributed by atoms with Crippen LogP contribution in [0.4, 0.5) is 5.82 Å². The third-order valence-electron chi connectivity index (χ3n) is 5.29. The second kappa shape index (κ2) is 9.32. The molecule has 0 bridgehead atoms. The maximum absolute atomic E-state index is 12.8. The van der Waals surface area contributed by atoms with Crippen LogP contribution < -0.4 is 10.2 Å². The highest BCUT2D eigenvalue weighted by Crippen LogP contribution is 2.22. The number of nitrogens with one attached hydrogen (secondary N) is 1. The minimum absolute atomic E-state index is 0.146. The predicted octanol–water partition coefficient (Wildman–Crippen LogP) is 4.57. The number of nitrogens with zero attached hydrogens (tertiary/aromatic N) is 4. The summed E-state index contributed by atoms with van der Waals surface area (Å²) in [5.74, 6) is 0.745. The van der Waals surface area contributed by atoms with Crippen LogP contribution in [0.1, 0.15) is 32.9 Å². The Bertz CT molecular complexity index is 1290. The van der Waals surface area contributed by atoms with Crippen molar-refractivity contribution in [3.8, 4) is 0 Å². The molecular formula is C25H24ClN5O. The van der Waals surface area contributed by atoms with Crippen LogP contribution in [0, 0.1) is 6.92 Å². The van der Waals surface area contributed by atoms with Crippen molar-refractivity contribution in [1.82, 2.24) is 20.3 Å². The Hall–Kier alpha value is -3.51. The lowest BCUT2D eigenvalue weighted by Crippen LogP contribution is -2.24. The number of pyridine rings is 3. The molecule has 7 heteroatoms. The van der Waals surface area contributed by atoms with E-state index in [0.29, 0.717) is 23.6 Å². The first kappa shape index (κ1) is 21.7. The molecule has 4 rings (SSSR count). The van der Waals surface area contributed by atoms with E-state index in [9.17, 15) is 4.79 Å². The summed E-state index contributed by atoms with van der Waals surface area (Å²) in [7, 11) is 3.90. The van der Waals surface area contributed by atoms with Gasteiger partial charge in [-0.1, -0.05) is 35.9 Å². The summed E-state index contributed by atoms with van der Waals surface area (Å²) >= 11 is 6.07. The number of aromatic nitrogens is 3. The van der Waals surface area contributed by atoms with Crippen molar-refractivity contribution >= 4 is 34.2 Å². The Labute approximate surface area is 192 Å². The van der Waals surface area contributed by atoms with Crippen LogP contribution in [-0.2, 0) is 13.0 Å².